The number of ether oxygens (including phenoxy) is 3. The average Bonchev–Trinajstić information content (AvgIpc) is 2.49. The number of halogens is 1. The second-order valence-corrected chi connectivity index (χ2v) is 4.55. The first-order valence-electron chi connectivity index (χ1n) is 7.33. The first kappa shape index (κ1) is 18.2. The summed E-state index contributed by atoms with van der Waals surface area (Å²) < 4.78 is 16.8. The minimum atomic E-state index is -0.338. The van der Waals surface area contributed by atoms with Gasteiger partial charge in [0.1, 0.15) is 0 Å². The Kier molecular flexibility index (Phi) is 8.28. The molecule has 0 aliphatic carbocycles. The molecule has 0 fully saturated rings. The van der Waals surface area contributed by atoms with E-state index in [2.05, 4.69) is 10.6 Å². The Morgan fingerprint density at radius 3 is 2.05 bits per heavy atom. The van der Waals surface area contributed by atoms with Gasteiger partial charge in [0.2, 0.25) is 5.75 Å². The van der Waals surface area contributed by atoms with Crippen molar-refractivity contribution in [3.05, 3.63) is 12.1 Å². The molecule has 124 valence electrons. The maximum atomic E-state index is 11.7. The van der Waals surface area contributed by atoms with Crippen molar-refractivity contribution in [2.75, 3.05) is 37.6 Å². The summed E-state index contributed by atoms with van der Waals surface area (Å²) in [5.41, 5.74) is 0.558. The van der Waals surface area contributed by atoms with Gasteiger partial charge in [0.25, 0.3) is 0 Å². The zero-order valence-corrected chi connectivity index (χ0v) is 14.0. The second-order valence-electron chi connectivity index (χ2n) is 4.17. The van der Waals surface area contributed by atoms with Crippen LogP contribution in [0.15, 0.2) is 12.1 Å². The van der Waals surface area contributed by atoms with Crippen LogP contribution in [0.2, 0.25) is 0 Å². The van der Waals surface area contributed by atoms with Gasteiger partial charge in [-0.25, -0.2) is 4.79 Å². The van der Waals surface area contributed by atoms with Gasteiger partial charge in [-0.05, 0) is 20.8 Å². The zero-order valence-electron chi connectivity index (χ0n) is 13.2. The maximum absolute atomic E-state index is 11.7. The quantitative estimate of drug-likeness (QED) is 0.682. The number of rotatable bonds is 9. The van der Waals surface area contributed by atoms with Crippen LogP contribution in [-0.2, 0) is 0 Å². The molecule has 22 heavy (non-hydrogen) atoms. The number of amides is 2. The van der Waals surface area contributed by atoms with Crippen molar-refractivity contribution in [2.45, 2.75) is 20.8 Å². The van der Waals surface area contributed by atoms with Gasteiger partial charge in [-0.3, -0.25) is 0 Å². The van der Waals surface area contributed by atoms with Crippen molar-refractivity contribution in [1.29, 1.82) is 0 Å². The third-order valence-electron chi connectivity index (χ3n) is 2.55. The molecule has 0 unspecified atom stereocenters. The summed E-state index contributed by atoms with van der Waals surface area (Å²) in [6.07, 6.45) is 0. The Morgan fingerprint density at radius 1 is 1.05 bits per heavy atom. The van der Waals surface area contributed by atoms with Crippen LogP contribution in [0.5, 0.6) is 17.2 Å². The first-order chi connectivity index (χ1) is 10.7. The van der Waals surface area contributed by atoms with Crippen molar-refractivity contribution < 1.29 is 19.0 Å². The van der Waals surface area contributed by atoms with Crippen molar-refractivity contribution in [3.8, 4) is 17.2 Å². The predicted molar refractivity (Wildman–Crippen MR) is 87.7 cm³/mol. The summed E-state index contributed by atoms with van der Waals surface area (Å²) in [4.78, 5) is 11.7. The summed E-state index contributed by atoms with van der Waals surface area (Å²) >= 11 is 5.54. The first-order valence-corrected chi connectivity index (χ1v) is 7.86. The molecule has 6 nitrogen and oxygen atoms in total. The standard InChI is InChI=1S/C15H23ClN2O4/c1-4-20-12-9-11(18-15(19)17-8-7-16)10-13(21-5-2)14(12)22-6-3/h9-10H,4-8H2,1-3H3,(H2,17,18,19). The van der Waals surface area contributed by atoms with E-state index in [0.717, 1.165) is 0 Å². The molecule has 0 aliphatic heterocycles. The van der Waals surface area contributed by atoms with Crippen LogP contribution in [-0.4, -0.2) is 38.3 Å². The number of hydrogen-bond donors (Lipinski definition) is 2. The molecule has 0 heterocycles. The van der Waals surface area contributed by atoms with Gasteiger partial charge in [0.15, 0.2) is 11.5 Å². The van der Waals surface area contributed by atoms with E-state index < -0.39 is 0 Å². The van der Waals surface area contributed by atoms with E-state index >= 15 is 0 Å². The lowest BCUT2D eigenvalue weighted by Crippen LogP contribution is -2.30. The molecule has 0 bridgehead atoms. The predicted octanol–water partition coefficient (Wildman–Crippen LogP) is 3.24. The molecule has 1 aromatic carbocycles. The fourth-order valence-electron chi connectivity index (χ4n) is 1.80. The molecule has 0 radical (unpaired) electrons. The molecular formula is C15H23ClN2O4. The normalized spacial score (nSPS) is 10.0. The molecule has 7 heteroatoms. The van der Waals surface area contributed by atoms with Crippen LogP contribution >= 0.6 is 11.6 Å². The fourth-order valence-corrected chi connectivity index (χ4v) is 1.89. The molecule has 2 N–H and O–H groups in total. The van der Waals surface area contributed by atoms with Crippen molar-refractivity contribution in [3.63, 3.8) is 0 Å². The molecule has 0 saturated heterocycles. The lowest BCUT2D eigenvalue weighted by Gasteiger charge is -2.17. The third kappa shape index (κ3) is 5.52. The summed E-state index contributed by atoms with van der Waals surface area (Å²) in [7, 11) is 0. The number of benzene rings is 1. The molecule has 0 aromatic heterocycles. The van der Waals surface area contributed by atoms with Gasteiger partial charge in [0.05, 0.1) is 25.5 Å². The Hall–Kier alpha value is -1.82. The van der Waals surface area contributed by atoms with Crippen LogP contribution in [0.1, 0.15) is 20.8 Å². The lowest BCUT2D eigenvalue weighted by molar-refractivity contribution is 0.252. The van der Waals surface area contributed by atoms with Crippen LogP contribution in [0.3, 0.4) is 0 Å². The molecule has 0 atom stereocenters. The lowest BCUT2D eigenvalue weighted by atomic mass is 10.2. The van der Waals surface area contributed by atoms with Crippen molar-refractivity contribution in [1.82, 2.24) is 5.32 Å². The van der Waals surface area contributed by atoms with E-state index in [1.54, 1.807) is 12.1 Å². The van der Waals surface area contributed by atoms with Crippen LogP contribution in [0.4, 0.5) is 10.5 Å². The minimum absolute atomic E-state index is 0.338. The Labute approximate surface area is 136 Å². The summed E-state index contributed by atoms with van der Waals surface area (Å²) in [5.74, 6) is 1.95. The monoisotopic (exact) mass is 330 g/mol. The summed E-state index contributed by atoms with van der Waals surface area (Å²) in [6.45, 7) is 7.48. The van der Waals surface area contributed by atoms with Gasteiger partial charge in [0, 0.05) is 24.6 Å². The SMILES string of the molecule is CCOc1cc(NC(=O)NCCCl)cc(OCC)c1OCC. The Bertz CT molecular complexity index is 456. The van der Waals surface area contributed by atoms with E-state index in [0.29, 0.717) is 55.2 Å². The largest absolute Gasteiger partial charge is 0.490 e. The topological polar surface area (TPSA) is 68.8 Å². The number of anilines is 1. The van der Waals surface area contributed by atoms with E-state index in [4.69, 9.17) is 25.8 Å². The van der Waals surface area contributed by atoms with Gasteiger partial charge < -0.3 is 24.8 Å². The molecule has 0 saturated carbocycles. The number of carbonyl (C=O) groups excluding carboxylic acids is 1. The van der Waals surface area contributed by atoms with Crippen molar-refractivity contribution >= 4 is 23.3 Å². The van der Waals surface area contributed by atoms with Gasteiger partial charge in [-0.2, -0.15) is 0 Å². The highest BCUT2D eigenvalue weighted by Gasteiger charge is 2.16. The number of alkyl halides is 1. The third-order valence-corrected chi connectivity index (χ3v) is 2.74. The molecule has 1 aromatic rings. The van der Waals surface area contributed by atoms with E-state index in [-0.39, 0.29) is 6.03 Å². The number of carbonyl (C=O) groups is 1. The zero-order chi connectivity index (χ0) is 16.4. The molecule has 0 aliphatic rings. The highest BCUT2D eigenvalue weighted by Crippen LogP contribution is 2.40. The number of urea groups is 1. The van der Waals surface area contributed by atoms with Gasteiger partial charge in [-0.15, -0.1) is 11.6 Å². The summed E-state index contributed by atoms with van der Waals surface area (Å²) in [6, 6.07) is 3.07. The average molecular weight is 331 g/mol. The highest BCUT2D eigenvalue weighted by molar-refractivity contribution is 6.18. The smallest absolute Gasteiger partial charge is 0.319 e. The van der Waals surface area contributed by atoms with E-state index in [9.17, 15) is 4.79 Å². The maximum Gasteiger partial charge on any atom is 0.319 e. The number of nitrogens with one attached hydrogen (secondary N) is 2. The molecular weight excluding hydrogens is 308 g/mol. The Balaban J connectivity index is 3.04. The van der Waals surface area contributed by atoms with E-state index in [1.165, 1.54) is 0 Å². The molecule has 1 rings (SSSR count). The van der Waals surface area contributed by atoms with E-state index in [1.807, 2.05) is 20.8 Å². The molecule has 0 spiro atoms. The van der Waals surface area contributed by atoms with Gasteiger partial charge >= 0.3 is 6.03 Å². The van der Waals surface area contributed by atoms with Crippen molar-refractivity contribution in [2.24, 2.45) is 0 Å². The summed E-state index contributed by atoms with van der Waals surface area (Å²) in [5, 5.41) is 5.35. The second kappa shape index (κ2) is 10.00. The van der Waals surface area contributed by atoms with Crippen LogP contribution in [0.25, 0.3) is 0 Å². The Morgan fingerprint density at radius 2 is 1.59 bits per heavy atom. The minimum Gasteiger partial charge on any atom is -0.490 e. The number of hydrogen-bond acceptors (Lipinski definition) is 4. The highest BCUT2D eigenvalue weighted by atomic mass is 35.5. The van der Waals surface area contributed by atoms with Crippen LogP contribution < -0.4 is 24.8 Å². The fraction of sp³-hybridized carbons (Fsp3) is 0.533. The molecule has 2 amide bonds. The van der Waals surface area contributed by atoms with Gasteiger partial charge in [-0.1, -0.05) is 0 Å². The van der Waals surface area contributed by atoms with Crippen LogP contribution in [0, 0.1) is 0 Å².